The molecule has 0 unspecified atom stereocenters. The van der Waals surface area contributed by atoms with Crippen molar-refractivity contribution in [3.05, 3.63) is 47.3 Å². The number of hydrogen-bond acceptors (Lipinski definition) is 3. The second-order valence-electron chi connectivity index (χ2n) is 4.53. The first-order chi connectivity index (χ1) is 8.59. The summed E-state index contributed by atoms with van der Waals surface area (Å²) in [5.41, 5.74) is 2.64. The van der Waals surface area contributed by atoms with E-state index < -0.39 is 0 Å². The van der Waals surface area contributed by atoms with E-state index in [9.17, 15) is 4.79 Å². The van der Waals surface area contributed by atoms with Gasteiger partial charge in [-0.15, -0.1) is 0 Å². The predicted molar refractivity (Wildman–Crippen MR) is 69.7 cm³/mol. The zero-order chi connectivity index (χ0) is 13.1. The molecule has 0 aliphatic carbocycles. The van der Waals surface area contributed by atoms with E-state index in [0.717, 1.165) is 16.8 Å². The smallest absolute Gasteiger partial charge is 0.294 e. The van der Waals surface area contributed by atoms with Crippen LogP contribution in [-0.2, 0) is 0 Å². The first-order valence-corrected chi connectivity index (χ1v) is 5.91. The highest BCUT2D eigenvalue weighted by Gasteiger charge is 2.16. The van der Waals surface area contributed by atoms with Crippen LogP contribution in [0.2, 0.25) is 0 Å². The summed E-state index contributed by atoms with van der Waals surface area (Å²) in [5.74, 6) is 0.337. The minimum absolute atomic E-state index is 0.258. The minimum Gasteiger partial charge on any atom is -0.351 e. The molecule has 0 radical (unpaired) electrons. The maximum Gasteiger partial charge on any atom is 0.294 e. The van der Waals surface area contributed by atoms with Crippen LogP contribution in [0.15, 0.2) is 35.0 Å². The standard InChI is InChI=1S/C14H16N2O2/c1-9(2)11-6-4-5-7-12(11)16-14(17)13-10(3)8-15-18-13/h4-9H,1-3H3,(H,16,17). The number of aryl methyl sites for hydroxylation is 1. The normalized spacial score (nSPS) is 10.7. The first kappa shape index (κ1) is 12.4. The number of nitrogens with zero attached hydrogens (tertiary/aromatic N) is 1. The van der Waals surface area contributed by atoms with Gasteiger partial charge in [-0.2, -0.15) is 0 Å². The Morgan fingerprint density at radius 2 is 2.06 bits per heavy atom. The Bertz CT molecular complexity index is 558. The number of rotatable bonds is 3. The summed E-state index contributed by atoms with van der Waals surface area (Å²) >= 11 is 0. The number of nitrogens with one attached hydrogen (secondary N) is 1. The van der Waals surface area contributed by atoms with Gasteiger partial charge in [-0.05, 0) is 24.5 Å². The summed E-state index contributed by atoms with van der Waals surface area (Å²) in [6.45, 7) is 5.97. The fraction of sp³-hybridized carbons (Fsp3) is 0.286. The van der Waals surface area contributed by atoms with Crippen LogP contribution in [0.25, 0.3) is 0 Å². The number of carbonyl (C=O) groups is 1. The fourth-order valence-electron chi connectivity index (χ4n) is 1.80. The predicted octanol–water partition coefficient (Wildman–Crippen LogP) is 3.36. The SMILES string of the molecule is Cc1cnoc1C(=O)Nc1ccccc1C(C)C. The molecule has 1 N–H and O–H groups in total. The van der Waals surface area contributed by atoms with Gasteiger partial charge < -0.3 is 9.84 Å². The summed E-state index contributed by atoms with van der Waals surface area (Å²) in [4.78, 5) is 12.0. The summed E-state index contributed by atoms with van der Waals surface area (Å²) in [5, 5.41) is 6.47. The van der Waals surface area contributed by atoms with E-state index in [1.807, 2.05) is 24.3 Å². The van der Waals surface area contributed by atoms with Crippen LogP contribution in [0.4, 0.5) is 5.69 Å². The zero-order valence-electron chi connectivity index (χ0n) is 10.7. The number of carbonyl (C=O) groups excluding carboxylic acids is 1. The van der Waals surface area contributed by atoms with Crippen molar-refractivity contribution in [1.29, 1.82) is 0 Å². The average molecular weight is 244 g/mol. The Labute approximate surface area is 106 Å². The molecule has 18 heavy (non-hydrogen) atoms. The fourth-order valence-corrected chi connectivity index (χ4v) is 1.80. The van der Waals surface area contributed by atoms with E-state index in [1.165, 1.54) is 6.20 Å². The van der Waals surface area contributed by atoms with E-state index >= 15 is 0 Å². The van der Waals surface area contributed by atoms with E-state index in [-0.39, 0.29) is 11.7 Å². The van der Waals surface area contributed by atoms with Crippen LogP contribution >= 0.6 is 0 Å². The number of amides is 1. The monoisotopic (exact) mass is 244 g/mol. The number of hydrogen-bond donors (Lipinski definition) is 1. The third-order valence-corrected chi connectivity index (χ3v) is 2.79. The van der Waals surface area contributed by atoms with Crippen molar-refractivity contribution in [3.63, 3.8) is 0 Å². The van der Waals surface area contributed by atoms with Crippen LogP contribution in [0.3, 0.4) is 0 Å². The highest BCUT2D eigenvalue weighted by molar-refractivity contribution is 6.03. The van der Waals surface area contributed by atoms with Gasteiger partial charge in [0.1, 0.15) is 0 Å². The molecule has 0 bridgehead atoms. The van der Waals surface area contributed by atoms with E-state index in [1.54, 1.807) is 6.92 Å². The van der Waals surface area contributed by atoms with Crippen LogP contribution < -0.4 is 5.32 Å². The summed E-state index contributed by atoms with van der Waals surface area (Å²) < 4.78 is 4.94. The molecule has 0 aliphatic rings. The van der Waals surface area contributed by atoms with Gasteiger partial charge in [0.2, 0.25) is 5.76 Å². The molecule has 0 atom stereocenters. The number of anilines is 1. The topological polar surface area (TPSA) is 55.1 Å². The molecule has 0 saturated carbocycles. The van der Waals surface area contributed by atoms with Crippen LogP contribution in [0, 0.1) is 6.92 Å². The highest BCUT2D eigenvalue weighted by atomic mass is 16.5. The van der Waals surface area contributed by atoms with Crippen molar-refractivity contribution in [2.24, 2.45) is 0 Å². The van der Waals surface area contributed by atoms with Crippen molar-refractivity contribution in [3.8, 4) is 0 Å². The van der Waals surface area contributed by atoms with E-state index in [2.05, 4.69) is 24.3 Å². The van der Waals surface area contributed by atoms with Crippen molar-refractivity contribution in [1.82, 2.24) is 5.16 Å². The molecule has 4 nitrogen and oxygen atoms in total. The van der Waals surface area contributed by atoms with Crippen LogP contribution in [-0.4, -0.2) is 11.1 Å². The molecule has 2 aromatic rings. The molecule has 1 amide bonds. The van der Waals surface area contributed by atoms with E-state index in [0.29, 0.717) is 5.92 Å². The van der Waals surface area contributed by atoms with Gasteiger partial charge >= 0.3 is 0 Å². The van der Waals surface area contributed by atoms with Gasteiger partial charge in [0.15, 0.2) is 0 Å². The quantitative estimate of drug-likeness (QED) is 0.900. The average Bonchev–Trinajstić information content (AvgIpc) is 2.76. The maximum absolute atomic E-state index is 12.0. The lowest BCUT2D eigenvalue weighted by molar-refractivity contribution is 0.0987. The summed E-state index contributed by atoms with van der Waals surface area (Å²) in [6, 6.07) is 7.76. The van der Waals surface area contributed by atoms with Gasteiger partial charge in [-0.25, -0.2) is 0 Å². The zero-order valence-corrected chi connectivity index (χ0v) is 10.7. The second-order valence-corrected chi connectivity index (χ2v) is 4.53. The lowest BCUT2D eigenvalue weighted by Crippen LogP contribution is -2.13. The third-order valence-electron chi connectivity index (χ3n) is 2.79. The van der Waals surface area contributed by atoms with Gasteiger partial charge in [-0.3, -0.25) is 4.79 Å². The largest absolute Gasteiger partial charge is 0.351 e. The molecule has 1 heterocycles. The molecule has 94 valence electrons. The summed E-state index contributed by atoms with van der Waals surface area (Å²) in [6.07, 6.45) is 1.53. The number of aromatic nitrogens is 1. The number of para-hydroxylation sites is 1. The second kappa shape index (κ2) is 5.04. The third kappa shape index (κ3) is 2.42. The minimum atomic E-state index is -0.266. The molecular formula is C14H16N2O2. The Morgan fingerprint density at radius 1 is 1.33 bits per heavy atom. The van der Waals surface area contributed by atoms with Gasteiger partial charge in [0.25, 0.3) is 5.91 Å². The Kier molecular flexibility index (Phi) is 3.46. The summed E-state index contributed by atoms with van der Waals surface area (Å²) in [7, 11) is 0. The van der Waals surface area contributed by atoms with E-state index in [4.69, 9.17) is 4.52 Å². The Balaban J connectivity index is 2.25. The molecule has 0 aliphatic heterocycles. The Morgan fingerprint density at radius 3 is 2.67 bits per heavy atom. The van der Waals surface area contributed by atoms with Crippen molar-refractivity contribution in [2.75, 3.05) is 5.32 Å². The molecule has 2 rings (SSSR count). The maximum atomic E-state index is 12.0. The molecule has 1 aromatic carbocycles. The van der Waals surface area contributed by atoms with Gasteiger partial charge in [-0.1, -0.05) is 37.2 Å². The molecule has 0 saturated heterocycles. The highest BCUT2D eigenvalue weighted by Crippen LogP contribution is 2.24. The van der Waals surface area contributed by atoms with Crippen molar-refractivity contribution in [2.45, 2.75) is 26.7 Å². The first-order valence-electron chi connectivity index (χ1n) is 5.91. The van der Waals surface area contributed by atoms with Crippen LogP contribution in [0.1, 0.15) is 41.4 Å². The molecule has 1 aromatic heterocycles. The number of benzene rings is 1. The van der Waals surface area contributed by atoms with Gasteiger partial charge in [0, 0.05) is 11.3 Å². The molecule has 0 spiro atoms. The van der Waals surface area contributed by atoms with Crippen LogP contribution in [0.5, 0.6) is 0 Å². The Hall–Kier alpha value is -2.10. The van der Waals surface area contributed by atoms with Gasteiger partial charge in [0.05, 0.1) is 6.20 Å². The van der Waals surface area contributed by atoms with Crippen molar-refractivity contribution >= 4 is 11.6 Å². The molecular weight excluding hydrogens is 228 g/mol. The molecule has 4 heteroatoms. The molecule has 0 fully saturated rings. The lowest BCUT2D eigenvalue weighted by atomic mass is 10.0. The lowest BCUT2D eigenvalue weighted by Gasteiger charge is -2.12. The van der Waals surface area contributed by atoms with Crippen molar-refractivity contribution < 1.29 is 9.32 Å².